The van der Waals surface area contributed by atoms with Crippen LogP contribution in [0.3, 0.4) is 0 Å². The third kappa shape index (κ3) is 4.21. The van der Waals surface area contributed by atoms with Crippen LogP contribution in [-0.2, 0) is 11.3 Å². The predicted octanol–water partition coefficient (Wildman–Crippen LogP) is 0.671. The number of aromatic nitrogens is 1. The SMILES string of the molecule is C[C@H](N)C(=O)N(CCC#N)Cc1cccnc1. The van der Waals surface area contributed by atoms with Gasteiger partial charge in [-0.2, -0.15) is 5.26 Å². The summed E-state index contributed by atoms with van der Waals surface area (Å²) in [5, 5.41) is 8.57. The Morgan fingerprint density at radius 3 is 3.00 bits per heavy atom. The van der Waals surface area contributed by atoms with Crippen molar-refractivity contribution in [1.29, 1.82) is 5.26 Å². The fourth-order valence-electron chi connectivity index (χ4n) is 1.45. The van der Waals surface area contributed by atoms with Crippen LogP contribution in [0.15, 0.2) is 24.5 Å². The zero-order valence-electron chi connectivity index (χ0n) is 9.84. The third-order valence-corrected chi connectivity index (χ3v) is 2.29. The summed E-state index contributed by atoms with van der Waals surface area (Å²) in [7, 11) is 0. The van der Waals surface area contributed by atoms with Crippen molar-refractivity contribution in [2.24, 2.45) is 5.73 Å². The van der Waals surface area contributed by atoms with E-state index >= 15 is 0 Å². The van der Waals surface area contributed by atoms with Gasteiger partial charge in [-0.3, -0.25) is 9.78 Å². The largest absolute Gasteiger partial charge is 0.336 e. The Kier molecular flexibility index (Phi) is 5.11. The molecule has 0 aromatic carbocycles. The van der Waals surface area contributed by atoms with Crippen LogP contribution in [0.4, 0.5) is 0 Å². The van der Waals surface area contributed by atoms with E-state index in [1.54, 1.807) is 24.2 Å². The molecule has 0 saturated heterocycles. The molecule has 5 heteroatoms. The number of nitrogens with zero attached hydrogens (tertiary/aromatic N) is 3. The van der Waals surface area contributed by atoms with E-state index < -0.39 is 6.04 Å². The lowest BCUT2D eigenvalue weighted by Crippen LogP contribution is -2.42. The summed E-state index contributed by atoms with van der Waals surface area (Å²) >= 11 is 0. The van der Waals surface area contributed by atoms with E-state index in [0.717, 1.165) is 5.56 Å². The molecule has 0 aliphatic carbocycles. The molecule has 1 heterocycles. The highest BCUT2D eigenvalue weighted by Gasteiger charge is 2.17. The van der Waals surface area contributed by atoms with Gasteiger partial charge in [0.25, 0.3) is 0 Å². The predicted molar refractivity (Wildman–Crippen MR) is 63.5 cm³/mol. The first-order valence-electron chi connectivity index (χ1n) is 5.45. The molecular formula is C12H16N4O. The van der Waals surface area contributed by atoms with Crippen molar-refractivity contribution in [2.45, 2.75) is 25.9 Å². The third-order valence-electron chi connectivity index (χ3n) is 2.29. The van der Waals surface area contributed by atoms with Gasteiger partial charge in [0.15, 0.2) is 0 Å². The summed E-state index contributed by atoms with van der Waals surface area (Å²) in [4.78, 5) is 17.4. The maximum Gasteiger partial charge on any atom is 0.239 e. The number of amides is 1. The van der Waals surface area contributed by atoms with Gasteiger partial charge in [0.2, 0.25) is 5.91 Å². The Morgan fingerprint density at radius 1 is 1.71 bits per heavy atom. The summed E-state index contributed by atoms with van der Waals surface area (Å²) in [6.07, 6.45) is 3.68. The lowest BCUT2D eigenvalue weighted by Gasteiger charge is -2.23. The van der Waals surface area contributed by atoms with Crippen LogP contribution in [0.5, 0.6) is 0 Å². The molecule has 0 unspecified atom stereocenters. The average molecular weight is 232 g/mol. The Balaban J connectivity index is 2.70. The number of carbonyl (C=O) groups is 1. The topological polar surface area (TPSA) is 83.0 Å². The molecule has 0 spiro atoms. The standard InChI is InChI=1S/C12H16N4O/c1-10(14)12(17)16(7-3-5-13)9-11-4-2-6-15-8-11/h2,4,6,8,10H,3,7,9,14H2,1H3/t10-/m0/s1. The molecule has 1 amide bonds. The summed E-state index contributed by atoms with van der Waals surface area (Å²) in [6.45, 7) is 2.48. The number of carbonyl (C=O) groups excluding carboxylic acids is 1. The van der Waals surface area contributed by atoms with Crippen LogP contribution >= 0.6 is 0 Å². The van der Waals surface area contributed by atoms with E-state index in [9.17, 15) is 4.79 Å². The lowest BCUT2D eigenvalue weighted by atomic mass is 10.2. The Bertz CT molecular complexity index is 397. The molecule has 90 valence electrons. The molecule has 1 atom stereocenters. The normalized spacial score (nSPS) is 11.6. The maximum absolute atomic E-state index is 11.8. The number of nitriles is 1. The summed E-state index contributed by atoms with van der Waals surface area (Å²) in [6, 6.07) is 5.18. The molecule has 5 nitrogen and oxygen atoms in total. The van der Waals surface area contributed by atoms with E-state index in [0.29, 0.717) is 19.5 Å². The number of hydrogen-bond acceptors (Lipinski definition) is 4. The van der Waals surface area contributed by atoms with Crippen molar-refractivity contribution < 1.29 is 4.79 Å². The van der Waals surface area contributed by atoms with E-state index in [1.807, 2.05) is 18.2 Å². The van der Waals surface area contributed by atoms with Crippen LogP contribution in [0.2, 0.25) is 0 Å². The van der Waals surface area contributed by atoms with Gasteiger partial charge in [0.05, 0.1) is 18.5 Å². The fourth-order valence-corrected chi connectivity index (χ4v) is 1.45. The zero-order chi connectivity index (χ0) is 12.7. The van der Waals surface area contributed by atoms with Crippen LogP contribution in [0.1, 0.15) is 18.9 Å². The molecular weight excluding hydrogens is 216 g/mol. The molecule has 0 saturated carbocycles. The second kappa shape index (κ2) is 6.61. The first-order chi connectivity index (χ1) is 8.15. The minimum atomic E-state index is -0.551. The maximum atomic E-state index is 11.8. The van der Waals surface area contributed by atoms with Crippen molar-refractivity contribution in [3.63, 3.8) is 0 Å². The summed E-state index contributed by atoms with van der Waals surface area (Å²) < 4.78 is 0. The van der Waals surface area contributed by atoms with Crippen molar-refractivity contribution >= 4 is 5.91 Å². The van der Waals surface area contributed by atoms with Gasteiger partial charge in [0, 0.05) is 25.5 Å². The van der Waals surface area contributed by atoms with Crippen molar-refractivity contribution in [3.8, 4) is 6.07 Å². The van der Waals surface area contributed by atoms with Gasteiger partial charge in [-0.25, -0.2) is 0 Å². The Hall–Kier alpha value is -1.93. The summed E-state index contributed by atoms with van der Waals surface area (Å²) in [5.74, 6) is -0.149. The highest BCUT2D eigenvalue weighted by atomic mass is 16.2. The number of nitrogens with two attached hydrogens (primary N) is 1. The van der Waals surface area contributed by atoms with Crippen LogP contribution in [0, 0.1) is 11.3 Å². The van der Waals surface area contributed by atoms with Gasteiger partial charge < -0.3 is 10.6 Å². The van der Waals surface area contributed by atoms with Crippen LogP contribution < -0.4 is 5.73 Å². The van der Waals surface area contributed by atoms with Gasteiger partial charge in [-0.1, -0.05) is 6.07 Å². The van der Waals surface area contributed by atoms with Gasteiger partial charge in [-0.05, 0) is 18.6 Å². The molecule has 1 aromatic heterocycles. The minimum Gasteiger partial charge on any atom is -0.336 e. The molecule has 0 radical (unpaired) electrons. The molecule has 1 rings (SSSR count). The fraction of sp³-hybridized carbons (Fsp3) is 0.417. The second-order valence-electron chi connectivity index (χ2n) is 3.82. The van der Waals surface area contributed by atoms with Crippen LogP contribution in [-0.4, -0.2) is 28.4 Å². The molecule has 0 fully saturated rings. The highest BCUT2D eigenvalue weighted by Crippen LogP contribution is 2.05. The molecule has 2 N–H and O–H groups in total. The second-order valence-corrected chi connectivity index (χ2v) is 3.82. The first kappa shape index (κ1) is 13.1. The summed E-state index contributed by atoms with van der Waals surface area (Å²) in [5.41, 5.74) is 6.50. The highest BCUT2D eigenvalue weighted by molar-refractivity contribution is 5.81. The Labute approximate surface area is 101 Å². The van der Waals surface area contributed by atoms with Crippen molar-refractivity contribution in [1.82, 2.24) is 9.88 Å². The Morgan fingerprint density at radius 2 is 2.47 bits per heavy atom. The van der Waals surface area contributed by atoms with E-state index in [2.05, 4.69) is 4.98 Å². The van der Waals surface area contributed by atoms with Crippen molar-refractivity contribution in [3.05, 3.63) is 30.1 Å². The van der Waals surface area contributed by atoms with Gasteiger partial charge in [-0.15, -0.1) is 0 Å². The zero-order valence-corrected chi connectivity index (χ0v) is 9.84. The van der Waals surface area contributed by atoms with E-state index in [-0.39, 0.29) is 5.91 Å². The number of hydrogen-bond donors (Lipinski definition) is 1. The average Bonchev–Trinajstić information content (AvgIpc) is 2.34. The first-order valence-corrected chi connectivity index (χ1v) is 5.45. The number of pyridine rings is 1. The smallest absolute Gasteiger partial charge is 0.239 e. The van der Waals surface area contributed by atoms with E-state index in [1.165, 1.54) is 0 Å². The van der Waals surface area contributed by atoms with Gasteiger partial charge in [0.1, 0.15) is 0 Å². The minimum absolute atomic E-state index is 0.149. The van der Waals surface area contributed by atoms with Crippen molar-refractivity contribution in [2.75, 3.05) is 6.54 Å². The van der Waals surface area contributed by atoms with Gasteiger partial charge >= 0.3 is 0 Å². The monoisotopic (exact) mass is 232 g/mol. The molecule has 0 bridgehead atoms. The molecule has 0 aliphatic rings. The number of rotatable bonds is 5. The van der Waals surface area contributed by atoms with E-state index in [4.69, 9.17) is 11.0 Å². The molecule has 0 aliphatic heterocycles. The lowest BCUT2D eigenvalue weighted by molar-refractivity contribution is -0.132. The molecule has 17 heavy (non-hydrogen) atoms. The van der Waals surface area contributed by atoms with Crippen LogP contribution in [0.25, 0.3) is 0 Å². The molecule has 1 aromatic rings. The quantitative estimate of drug-likeness (QED) is 0.808.